The largest absolute Gasteiger partial charge is 0.342 e. The molecule has 0 saturated carbocycles. The highest BCUT2D eigenvalue weighted by atomic mass is 16.2. The van der Waals surface area contributed by atoms with Crippen molar-refractivity contribution in [2.75, 3.05) is 32.7 Å². The van der Waals surface area contributed by atoms with Crippen LogP contribution < -0.4 is 0 Å². The smallest absolute Gasteiger partial charge is 0.225 e. The van der Waals surface area contributed by atoms with Gasteiger partial charge in [-0.1, -0.05) is 66.2 Å². The van der Waals surface area contributed by atoms with Gasteiger partial charge in [-0.05, 0) is 50.0 Å². The minimum Gasteiger partial charge on any atom is -0.342 e. The molecule has 0 bridgehead atoms. The molecule has 0 aromatic carbocycles. The summed E-state index contributed by atoms with van der Waals surface area (Å²) in [5, 5.41) is 0. The van der Waals surface area contributed by atoms with Gasteiger partial charge in [-0.25, -0.2) is 0 Å². The van der Waals surface area contributed by atoms with Gasteiger partial charge < -0.3 is 9.80 Å². The van der Waals surface area contributed by atoms with Crippen LogP contribution in [-0.2, 0) is 4.79 Å². The lowest BCUT2D eigenvalue weighted by Gasteiger charge is -2.54. The number of hydrogen-bond donors (Lipinski definition) is 0. The third-order valence-corrected chi connectivity index (χ3v) is 7.49. The lowest BCUT2D eigenvalue weighted by atomic mass is 9.71. The molecule has 1 unspecified atom stereocenters. The van der Waals surface area contributed by atoms with Crippen LogP contribution in [0.5, 0.6) is 0 Å². The summed E-state index contributed by atoms with van der Waals surface area (Å²) >= 11 is 0. The second-order valence-electron chi connectivity index (χ2n) is 9.46. The van der Waals surface area contributed by atoms with Crippen LogP contribution >= 0.6 is 0 Å². The van der Waals surface area contributed by atoms with Crippen molar-refractivity contribution in [2.24, 2.45) is 17.3 Å². The molecule has 2 heterocycles. The summed E-state index contributed by atoms with van der Waals surface area (Å²) < 4.78 is 0. The highest BCUT2D eigenvalue weighted by molar-refractivity contribution is 5.78. The summed E-state index contributed by atoms with van der Waals surface area (Å²) in [5.74, 6) is 1.60. The molecular weight excluding hydrogens is 332 g/mol. The lowest BCUT2D eigenvalue weighted by Crippen LogP contribution is -2.61. The zero-order chi connectivity index (χ0) is 19.7. The second-order valence-corrected chi connectivity index (χ2v) is 9.46. The highest BCUT2D eigenvalue weighted by Crippen LogP contribution is 2.41. The molecule has 0 aromatic rings. The van der Waals surface area contributed by atoms with Crippen LogP contribution in [0.25, 0.3) is 0 Å². The van der Waals surface area contributed by atoms with Crippen molar-refractivity contribution in [1.29, 1.82) is 0 Å². The van der Waals surface area contributed by atoms with E-state index >= 15 is 0 Å². The van der Waals surface area contributed by atoms with Crippen LogP contribution in [0, 0.1) is 17.3 Å². The molecule has 2 aliphatic heterocycles. The maximum Gasteiger partial charge on any atom is 0.225 e. The minimum absolute atomic E-state index is 0.250. The first-order valence-electron chi connectivity index (χ1n) is 12.1. The number of likely N-dealkylation sites (tertiary alicyclic amines) is 2. The zero-order valence-corrected chi connectivity index (χ0v) is 18.8. The average Bonchev–Trinajstić information content (AvgIpc) is 2.67. The van der Waals surface area contributed by atoms with Crippen molar-refractivity contribution in [1.82, 2.24) is 9.80 Å². The Kier molecular flexibility index (Phi) is 9.62. The van der Waals surface area contributed by atoms with Gasteiger partial charge in [0, 0.05) is 32.1 Å². The van der Waals surface area contributed by atoms with Gasteiger partial charge in [0.25, 0.3) is 0 Å². The summed E-state index contributed by atoms with van der Waals surface area (Å²) in [6, 6.07) is 0. The molecule has 1 spiro atoms. The number of nitrogens with zero attached hydrogens (tertiary/aromatic N) is 2. The molecule has 2 fully saturated rings. The SMILES string of the molecule is CCCCCCC(CC)CCN1CC2(CCN(C(=O)C(CC)CC)CC2)C1. The normalized spacial score (nSPS) is 20.9. The van der Waals surface area contributed by atoms with E-state index in [1.165, 1.54) is 77.4 Å². The number of unbranched alkanes of at least 4 members (excludes halogenated alkanes) is 3. The Morgan fingerprint density at radius 1 is 0.889 bits per heavy atom. The quantitative estimate of drug-likeness (QED) is 0.405. The third-order valence-electron chi connectivity index (χ3n) is 7.49. The van der Waals surface area contributed by atoms with Gasteiger partial charge in [-0.3, -0.25) is 4.79 Å². The molecular formula is C24H46N2O. The Bertz CT molecular complexity index is 416. The molecule has 3 nitrogen and oxygen atoms in total. The van der Waals surface area contributed by atoms with Gasteiger partial charge in [0.15, 0.2) is 0 Å². The molecule has 2 rings (SSSR count). The molecule has 158 valence electrons. The van der Waals surface area contributed by atoms with E-state index in [9.17, 15) is 4.79 Å². The fourth-order valence-electron chi connectivity index (χ4n) is 5.25. The molecule has 0 aliphatic carbocycles. The topological polar surface area (TPSA) is 23.6 Å². The van der Waals surface area contributed by atoms with E-state index in [1.807, 2.05) is 0 Å². The number of rotatable bonds is 12. The molecule has 2 aliphatic rings. The summed E-state index contributed by atoms with van der Waals surface area (Å²) in [7, 11) is 0. The van der Waals surface area contributed by atoms with Crippen molar-refractivity contribution in [3.05, 3.63) is 0 Å². The van der Waals surface area contributed by atoms with E-state index in [0.717, 1.165) is 31.8 Å². The molecule has 0 radical (unpaired) electrons. The molecule has 1 amide bonds. The van der Waals surface area contributed by atoms with E-state index in [2.05, 4.69) is 37.5 Å². The first-order valence-corrected chi connectivity index (χ1v) is 12.1. The van der Waals surface area contributed by atoms with Gasteiger partial charge in [-0.2, -0.15) is 0 Å². The van der Waals surface area contributed by atoms with Crippen LogP contribution in [0.2, 0.25) is 0 Å². The molecule has 1 atom stereocenters. The molecule has 3 heteroatoms. The van der Waals surface area contributed by atoms with Crippen LogP contribution in [0.1, 0.15) is 98.3 Å². The van der Waals surface area contributed by atoms with Gasteiger partial charge in [-0.15, -0.1) is 0 Å². The van der Waals surface area contributed by atoms with E-state index in [-0.39, 0.29) is 5.92 Å². The van der Waals surface area contributed by atoms with Crippen LogP contribution in [0.4, 0.5) is 0 Å². The summed E-state index contributed by atoms with van der Waals surface area (Å²) in [6.45, 7) is 14.8. The fraction of sp³-hybridized carbons (Fsp3) is 0.958. The lowest BCUT2D eigenvalue weighted by molar-refractivity contribution is -0.140. The second kappa shape index (κ2) is 11.4. The molecule has 27 heavy (non-hydrogen) atoms. The van der Waals surface area contributed by atoms with E-state index in [0.29, 0.717) is 11.3 Å². The van der Waals surface area contributed by atoms with Crippen molar-refractivity contribution >= 4 is 5.91 Å². The average molecular weight is 379 g/mol. The highest BCUT2D eigenvalue weighted by Gasteiger charge is 2.45. The maximum atomic E-state index is 12.6. The Hall–Kier alpha value is -0.570. The van der Waals surface area contributed by atoms with Gasteiger partial charge >= 0.3 is 0 Å². The van der Waals surface area contributed by atoms with Gasteiger partial charge in [0.05, 0.1) is 0 Å². The van der Waals surface area contributed by atoms with E-state index in [4.69, 9.17) is 0 Å². The predicted molar refractivity (Wildman–Crippen MR) is 116 cm³/mol. The number of carbonyl (C=O) groups is 1. The maximum absolute atomic E-state index is 12.6. The zero-order valence-electron chi connectivity index (χ0n) is 18.8. The van der Waals surface area contributed by atoms with Gasteiger partial charge in [0.1, 0.15) is 0 Å². The van der Waals surface area contributed by atoms with E-state index in [1.54, 1.807) is 0 Å². The van der Waals surface area contributed by atoms with Crippen molar-refractivity contribution < 1.29 is 4.79 Å². The Morgan fingerprint density at radius 2 is 1.56 bits per heavy atom. The van der Waals surface area contributed by atoms with Crippen LogP contribution in [0.3, 0.4) is 0 Å². The Morgan fingerprint density at radius 3 is 2.11 bits per heavy atom. The number of amides is 1. The third kappa shape index (κ3) is 6.48. The Balaban J connectivity index is 1.64. The van der Waals surface area contributed by atoms with Gasteiger partial charge in [0.2, 0.25) is 5.91 Å². The molecule has 2 saturated heterocycles. The van der Waals surface area contributed by atoms with Crippen LogP contribution in [-0.4, -0.2) is 48.4 Å². The summed E-state index contributed by atoms with van der Waals surface area (Å²) in [5.41, 5.74) is 0.535. The van der Waals surface area contributed by atoms with Crippen molar-refractivity contribution in [3.63, 3.8) is 0 Å². The number of piperidine rings is 1. The predicted octanol–water partition coefficient (Wildman–Crippen LogP) is 5.73. The standard InChI is InChI=1S/C24H46N2O/c1-5-9-10-11-12-21(6-2)13-16-25-19-24(20-25)14-17-26(18-15-24)23(27)22(7-3)8-4/h21-22H,5-20H2,1-4H3. The monoisotopic (exact) mass is 378 g/mol. The van der Waals surface area contributed by atoms with Crippen LogP contribution in [0.15, 0.2) is 0 Å². The van der Waals surface area contributed by atoms with E-state index < -0.39 is 0 Å². The summed E-state index contributed by atoms with van der Waals surface area (Å²) in [4.78, 5) is 17.4. The number of carbonyl (C=O) groups excluding carboxylic acids is 1. The number of hydrogen-bond acceptors (Lipinski definition) is 2. The molecule has 0 N–H and O–H groups in total. The first kappa shape index (κ1) is 22.7. The van der Waals surface area contributed by atoms with Crippen molar-refractivity contribution in [2.45, 2.75) is 98.3 Å². The summed E-state index contributed by atoms with van der Waals surface area (Å²) in [6.07, 6.45) is 14.2. The fourth-order valence-corrected chi connectivity index (χ4v) is 5.25. The first-order chi connectivity index (χ1) is 13.1. The minimum atomic E-state index is 0.250. The Labute approximate surface area is 169 Å². The van der Waals surface area contributed by atoms with Crippen molar-refractivity contribution in [3.8, 4) is 0 Å². The molecule has 0 aromatic heterocycles.